The molecular weight excluding hydrogens is 419 g/mol. The predicted molar refractivity (Wildman–Crippen MR) is 94.3 cm³/mol. The van der Waals surface area contributed by atoms with Gasteiger partial charge in [0.2, 0.25) is 15.9 Å². The number of ether oxygens (including phenoxy) is 1. The number of anilines is 1. The number of hydrogen-bond donors (Lipinski definition) is 2. The van der Waals surface area contributed by atoms with E-state index in [4.69, 9.17) is 14.6 Å². The largest absolute Gasteiger partial charge is 0.490 e. The summed E-state index contributed by atoms with van der Waals surface area (Å²) >= 11 is 0. The summed E-state index contributed by atoms with van der Waals surface area (Å²) in [5.41, 5.74) is 0.632. The van der Waals surface area contributed by atoms with Crippen molar-refractivity contribution in [1.29, 1.82) is 0 Å². The maximum atomic E-state index is 12.5. The Balaban J connectivity index is 0.000000370. The highest BCUT2D eigenvalue weighted by Crippen LogP contribution is 2.35. The number of rotatable bonds is 3. The second kappa shape index (κ2) is 9.05. The van der Waals surface area contributed by atoms with Crippen LogP contribution in [0.4, 0.5) is 18.9 Å². The van der Waals surface area contributed by atoms with Crippen molar-refractivity contribution in [2.75, 3.05) is 37.9 Å². The van der Waals surface area contributed by atoms with E-state index in [0.717, 1.165) is 0 Å². The quantitative estimate of drug-likeness (QED) is 0.714. The van der Waals surface area contributed by atoms with Gasteiger partial charge in [0, 0.05) is 25.2 Å². The van der Waals surface area contributed by atoms with E-state index in [1.807, 2.05) is 0 Å². The molecule has 3 atom stereocenters. The average molecular weight is 439 g/mol. The van der Waals surface area contributed by atoms with E-state index in [-0.39, 0.29) is 23.7 Å². The van der Waals surface area contributed by atoms with Gasteiger partial charge in [-0.2, -0.15) is 13.2 Å². The number of aliphatic carboxylic acids is 1. The van der Waals surface area contributed by atoms with Crippen molar-refractivity contribution >= 4 is 27.6 Å². The van der Waals surface area contributed by atoms with Crippen LogP contribution < -0.4 is 5.32 Å². The molecule has 1 amide bonds. The number of fused-ring (bicyclic) bond motifs is 1. The smallest absolute Gasteiger partial charge is 0.475 e. The van der Waals surface area contributed by atoms with Crippen LogP contribution in [0, 0.1) is 17.8 Å². The number of halogens is 3. The lowest BCUT2D eigenvalue weighted by Crippen LogP contribution is -2.42. The second-order valence-electron chi connectivity index (χ2n) is 6.68. The van der Waals surface area contributed by atoms with Crippen LogP contribution in [0.2, 0.25) is 0 Å². The van der Waals surface area contributed by atoms with Crippen molar-refractivity contribution < 1.29 is 41.0 Å². The summed E-state index contributed by atoms with van der Waals surface area (Å²) < 4.78 is 62.1. The molecule has 2 N–H and O–H groups in total. The number of nitrogens with zero attached hydrogens (tertiary/aromatic N) is 2. The first-order valence-corrected chi connectivity index (χ1v) is 10.3. The molecule has 13 heteroatoms. The van der Waals surface area contributed by atoms with Gasteiger partial charge in [-0.15, -0.1) is 0 Å². The molecule has 3 heterocycles. The number of pyridine rings is 1. The minimum absolute atomic E-state index is 0.000136. The third-order valence-electron chi connectivity index (χ3n) is 4.58. The van der Waals surface area contributed by atoms with Crippen LogP contribution in [0.5, 0.6) is 0 Å². The number of nitrogens with one attached hydrogen (secondary N) is 1. The normalized spacial score (nSPS) is 24.8. The standard InChI is InChI=1S/C14H19N3O4S.C2HF3O2/c1-22(19,20)17-6-10-8-21-9-13(12(10)7-17)14(18)16-11-3-2-4-15-5-11;3-2(4,5)1(6)7/h2-5,10,12-13H,6-9H2,1H3,(H,16,18);(H,6,7)/t10-,12-,13-;/m1./s1. The zero-order valence-electron chi connectivity index (χ0n) is 15.3. The van der Waals surface area contributed by atoms with Gasteiger partial charge >= 0.3 is 12.1 Å². The number of alkyl halides is 3. The Bertz CT molecular complexity index is 834. The number of carbonyl (C=O) groups excluding carboxylic acids is 1. The van der Waals surface area contributed by atoms with Gasteiger partial charge in [0.15, 0.2) is 0 Å². The van der Waals surface area contributed by atoms with Gasteiger partial charge in [0.25, 0.3) is 0 Å². The van der Waals surface area contributed by atoms with Crippen molar-refractivity contribution in [3.05, 3.63) is 24.5 Å². The van der Waals surface area contributed by atoms with Crippen molar-refractivity contribution in [3.63, 3.8) is 0 Å². The lowest BCUT2D eigenvalue weighted by molar-refractivity contribution is -0.192. The van der Waals surface area contributed by atoms with Crippen molar-refractivity contribution in [2.45, 2.75) is 6.18 Å². The first-order valence-electron chi connectivity index (χ1n) is 8.43. The van der Waals surface area contributed by atoms with E-state index in [1.165, 1.54) is 10.6 Å². The minimum atomic E-state index is -5.08. The van der Waals surface area contributed by atoms with Crippen LogP contribution in [0.3, 0.4) is 0 Å². The third kappa shape index (κ3) is 6.37. The fraction of sp³-hybridized carbons (Fsp3) is 0.562. The average Bonchev–Trinajstić information content (AvgIpc) is 3.07. The highest BCUT2D eigenvalue weighted by molar-refractivity contribution is 7.88. The molecule has 2 aliphatic heterocycles. The van der Waals surface area contributed by atoms with Gasteiger partial charge in [-0.3, -0.25) is 9.78 Å². The van der Waals surface area contributed by atoms with Crippen molar-refractivity contribution in [1.82, 2.24) is 9.29 Å². The zero-order valence-corrected chi connectivity index (χ0v) is 16.1. The van der Waals surface area contributed by atoms with Crippen LogP contribution in [-0.4, -0.2) is 73.4 Å². The van der Waals surface area contributed by atoms with Crippen LogP contribution in [0.15, 0.2) is 24.5 Å². The Morgan fingerprint density at radius 1 is 1.31 bits per heavy atom. The van der Waals surface area contributed by atoms with Gasteiger partial charge in [0.05, 0.1) is 37.3 Å². The highest BCUT2D eigenvalue weighted by atomic mass is 32.2. The fourth-order valence-electron chi connectivity index (χ4n) is 3.17. The Morgan fingerprint density at radius 3 is 2.48 bits per heavy atom. The van der Waals surface area contributed by atoms with Crippen LogP contribution in [-0.2, 0) is 24.3 Å². The molecule has 1 aromatic rings. The van der Waals surface area contributed by atoms with E-state index in [9.17, 15) is 26.4 Å². The first-order chi connectivity index (χ1) is 13.4. The Hall–Kier alpha value is -2.25. The van der Waals surface area contributed by atoms with Gasteiger partial charge in [-0.05, 0) is 18.1 Å². The highest BCUT2D eigenvalue weighted by Gasteiger charge is 2.46. The summed E-state index contributed by atoms with van der Waals surface area (Å²) in [6, 6.07) is 3.51. The number of hydrogen-bond acceptors (Lipinski definition) is 6. The number of sulfonamides is 1. The Labute approximate surface area is 164 Å². The second-order valence-corrected chi connectivity index (χ2v) is 8.66. The van der Waals surface area contributed by atoms with Gasteiger partial charge in [-0.1, -0.05) is 0 Å². The Morgan fingerprint density at radius 2 is 1.97 bits per heavy atom. The number of carboxylic acids is 1. The zero-order chi connectivity index (χ0) is 21.8. The summed E-state index contributed by atoms with van der Waals surface area (Å²) in [4.78, 5) is 25.3. The van der Waals surface area contributed by atoms with Crippen LogP contribution >= 0.6 is 0 Å². The van der Waals surface area contributed by atoms with Crippen LogP contribution in [0.25, 0.3) is 0 Å². The molecule has 29 heavy (non-hydrogen) atoms. The molecule has 2 fully saturated rings. The van der Waals surface area contributed by atoms with E-state index in [0.29, 0.717) is 32.0 Å². The maximum absolute atomic E-state index is 12.5. The van der Waals surface area contributed by atoms with E-state index >= 15 is 0 Å². The van der Waals surface area contributed by atoms with Gasteiger partial charge < -0.3 is 15.2 Å². The topological polar surface area (TPSA) is 126 Å². The lowest BCUT2D eigenvalue weighted by atomic mass is 9.82. The molecule has 2 saturated heterocycles. The molecule has 0 aromatic carbocycles. The van der Waals surface area contributed by atoms with Gasteiger partial charge in [0.1, 0.15) is 0 Å². The van der Waals surface area contributed by atoms with E-state index in [1.54, 1.807) is 24.5 Å². The molecule has 0 saturated carbocycles. The third-order valence-corrected chi connectivity index (χ3v) is 5.82. The molecule has 1 aromatic heterocycles. The summed E-state index contributed by atoms with van der Waals surface area (Å²) in [5, 5.41) is 9.95. The van der Waals surface area contributed by atoms with Crippen LogP contribution in [0.1, 0.15) is 0 Å². The molecule has 0 spiro atoms. The molecular formula is C16H20F3N3O6S. The van der Waals surface area contributed by atoms with Gasteiger partial charge in [-0.25, -0.2) is 17.5 Å². The summed E-state index contributed by atoms with van der Waals surface area (Å²) in [5.74, 6) is -3.16. The molecule has 9 nitrogen and oxygen atoms in total. The summed E-state index contributed by atoms with van der Waals surface area (Å²) in [7, 11) is -3.23. The molecule has 3 rings (SSSR count). The number of amides is 1. The maximum Gasteiger partial charge on any atom is 0.490 e. The number of aromatic nitrogens is 1. The van der Waals surface area contributed by atoms with Crippen molar-refractivity contribution in [2.24, 2.45) is 17.8 Å². The predicted octanol–water partition coefficient (Wildman–Crippen LogP) is 0.807. The molecule has 0 bridgehead atoms. The lowest BCUT2D eigenvalue weighted by Gasteiger charge is -2.31. The fourth-order valence-corrected chi connectivity index (χ4v) is 4.08. The Kier molecular flexibility index (Phi) is 7.19. The monoisotopic (exact) mass is 439 g/mol. The molecule has 0 aliphatic carbocycles. The van der Waals surface area contributed by atoms with Crippen molar-refractivity contribution in [3.8, 4) is 0 Å². The van der Waals surface area contributed by atoms with E-state index in [2.05, 4.69) is 10.3 Å². The molecule has 0 radical (unpaired) electrons. The summed E-state index contributed by atoms with van der Waals surface area (Å²) in [6.45, 7) is 1.65. The number of carboxylic acid groups (broad SMARTS) is 1. The SMILES string of the molecule is CS(=O)(=O)N1C[C@@H]2COC[C@@H](C(=O)Nc3cccnc3)[C@@H]2C1.O=C(O)C(F)(F)F. The first kappa shape index (κ1) is 23.0. The minimum Gasteiger partial charge on any atom is -0.475 e. The number of carbonyl (C=O) groups is 2. The van der Waals surface area contributed by atoms with E-state index < -0.39 is 22.2 Å². The molecule has 0 unspecified atom stereocenters. The molecule has 2 aliphatic rings. The summed E-state index contributed by atoms with van der Waals surface area (Å²) in [6.07, 6.45) is -0.664. The molecule has 162 valence electrons.